The molecule has 13 heavy (non-hydrogen) atoms. The van der Waals surface area contributed by atoms with Gasteiger partial charge in [-0.3, -0.25) is 4.90 Å². The van der Waals surface area contributed by atoms with E-state index >= 15 is 0 Å². The lowest BCUT2D eigenvalue weighted by molar-refractivity contribution is 0.129. The Balaban J connectivity index is 2.42. The zero-order valence-corrected chi connectivity index (χ0v) is 8.92. The van der Waals surface area contributed by atoms with Crippen molar-refractivity contribution < 1.29 is 0 Å². The molecule has 0 bridgehead atoms. The monoisotopic (exact) mass is 185 g/mol. The lowest BCUT2D eigenvalue weighted by atomic mass is 10.1. The molecule has 1 saturated heterocycles. The van der Waals surface area contributed by atoms with E-state index in [1.54, 1.807) is 0 Å². The molecule has 0 amide bonds. The van der Waals surface area contributed by atoms with E-state index in [-0.39, 0.29) is 0 Å². The van der Waals surface area contributed by atoms with Crippen LogP contribution in [0.5, 0.6) is 0 Å². The predicted molar refractivity (Wildman–Crippen MR) is 56.8 cm³/mol. The van der Waals surface area contributed by atoms with Crippen LogP contribution in [-0.4, -0.2) is 43.2 Å². The van der Waals surface area contributed by atoms with Gasteiger partial charge in [-0.15, -0.1) is 0 Å². The van der Waals surface area contributed by atoms with Gasteiger partial charge >= 0.3 is 0 Å². The smallest absolute Gasteiger partial charge is 0.0219 e. The molecule has 0 aromatic carbocycles. The van der Waals surface area contributed by atoms with Crippen LogP contribution in [0.3, 0.4) is 0 Å². The zero-order chi connectivity index (χ0) is 9.68. The summed E-state index contributed by atoms with van der Waals surface area (Å²) in [4.78, 5) is 2.53. The Hall–Kier alpha value is -0.120. The van der Waals surface area contributed by atoms with Gasteiger partial charge in [-0.25, -0.2) is 0 Å². The SMILES string of the molecule is CC[C@H]1CN(CCN)[C@@H](CC)CN1. The number of nitrogens with two attached hydrogens (primary N) is 1. The molecular weight excluding hydrogens is 162 g/mol. The van der Waals surface area contributed by atoms with Crippen molar-refractivity contribution in [2.24, 2.45) is 5.73 Å². The summed E-state index contributed by atoms with van der Waals surface area (Å²) in [5.41, 5.74) is 5.60. The first-order chi connectivity index (χ1) is 6.31. The van der Waals surface area contributed by atoms with Gasteiger partial charge in [-0.05, 0) is 12.8 Å². The molecule has 3 heteroatoms. The predicted octanol–water partition coefficient (Wildman–Crippen LogP) is 0.408. The molecular formula is C10H23N3. The lowest BCUT2D eigenvalue weighted by Crippen LogP contribution is -2.56. The first-order valence-electron chi connectivity index (χ1n) is 5.49. The second-order valence-corrected chi connectivity index (χ2v) is 3.86. The van der Waals surface area contributed by atoms with Gasteiger partial charge in [0.2, 0.25) is 0 Å². The highest BCUT2D eigenvalue weighted by atomic mass is 15.2. The van der Waals surface area contributed by atoms with Gasteiger partial charge in [0, 0.05) is 38.3 Å². The third kappa shape index (κ3) is 2.93. The average Bonchev–Trinajstić information content (AvgIpc) is 2.18. The second-order valence-electron chi connectivity index (χ2n) is 3.86. The quantitative estimate of drug-likeness (QED) is 0.666. The molecule has 3 nitrogen and oxygen atoms in total. The summed E-state index contributed by atoms with van der Waals surface area (Å²) in [5, 5.41) is 3.58. The van der Waals surface area contributed by atoms with Crippen LogP contribution in [0.25, 0.3) is 0 Å². The van der Waals surface area contributed by atoms with Gasteiger partial charge in [-0.1, -0.05) is 13.8 Å². The average molecular weight is 185 g/mol. The molecule has 1 heterocycles. The van der Waals surface area contributed by atoms with Crippen LogP contribution in [0.4, 0.5) is 0 Å². The van der Waals surface area contributed by atoms with Gasteiger partial charge in [0.15, 0.2) is 0 Å². The van der Waals surface area contributed by atoms with Crippen LogP contribution in [0, 0.1) is 0 Å². The summed E-state index contributed by atoms with van der Waals surface area (Å²) in [5.74, 6) is 0. The molecule has 2 atom stereocenters. The summed E-state index contributed by atoms with van der Waals surface area (Å²) < 4.78 is 0. The third-order valence-corrected chi connectivity index (χ3v) is 2.99. The van der Waals surface area contributed by atoms with Gasteiger partial charge in [0.25, 0.3) is 0 Å². The summed E-state index contributed by atoms with van der Waals surface area (Å²) >= 11 is 0. The first kappa shape index (κ1) is 11.0. The maximum absolute atomic E-state index is 5.60. The molecule has 0 spiro atoms. The highest BCUT2D eigenvalue weighted by Gasteiger charge is 2.24. The van der Waals surface area contributed by atoms with Crippen LogP contribution in [-0.2, 0) is 0 Å². The summed E-state index contributed by atoms with van der Waals surface area (Å²) in [6.07, 6.45) is 2.45. The third-order valence-electron chi connectivity index (χ3n) is 2.99. The molecule has 1 aliphatic rings. The molecule has 0 radical (unpaired) electrons. The van der Waals surface area contributed by atoms with E-state index in [9.17, 15) is 0 Å². The zero-order valence-electron chi connectivity index (χ0n) is 8.92. The van der Waals surface area contributed by atoms with Gasteiger partial charge < -0.3 is 11.1 Å². The van der Waals surface area contributed by atoms with Crippen molar-refractivity contribution in [1.29, 1.82) is 0 Å². The summed E-state index contributed by atoms with van der Waals surface area (Å²) in [6, 6.07) is 1.38. The topological polar surface area (TPSA) is 41.3 Å². The number of rotatable bonds is 4. The standard InChI is InChI=1S/C10H23N3/c1-3-9-8-13(6-5-11)10(4-2)7-12-9/h9-10,12H,3-8,11H2,1-2H3/t9-,10-/m0/s1. The Morgan fingerprint density at radius 3 is 2.69 bits per heavy atom. The molecule has 0 aliphatic carbocycles. The van der Waals surface area contributed by atoms with E-state index in [1.807, 2.05) is 0 Å². The number of nitrogens with zero attached hydrogens (tertiary/aromatic N) is 1. The van der Waals surface area contributed by atoms with Crippen LogP contribution in [0.15, 0.2) is 0 Å². The molecule has 3 N–H and O–H groups in total. The normalized spacial score (nSPS) is 30.7. The molecule has 0 unspecified atom stereocenters. The maximum Gasteiger partial charge on any atom is 0.0219 e. The number of hydrogen-bond donors (Lipinski definition) is 2. The molecule has 1 aliphatic heterocycles. The summed E-state index contributed by atoms with van der Waals surface area (Å²) in [7, 11) is 0. The molecule has 1 fully saturated rings. The number of nitrogens with one attached hydrogen (secondary N) is 1. The van der Waals surface area contributed by atoms with Crippen molar-refractivity contribution >= 4 is 0 Å². The van der Waals surface area contributed by atoms with Gasteiger partial charge in [0.1, 0.15) is 0 Å². The van der Waals surface area contributed by atoms with Crippen molar-refractivity contribution in [2.75, 3.05) is 26.2 Å². The van der Waals surface area contributed by atoms with E-state index in [0.29, 0.717) is 12.1 Å². The van der Waals surface area contributed by atoms with Crippen molar-refractivity contribution in [2.45, 2.75) is 38.8 Å². The number of piperazine rings is 1. The summed E-state index contributed by atoms with van der Waals surface area (Å²) in [6.45, 7) is 8.64. The lowest BCUT2D eigenvalue weighted by Gasteiger charge is -2.39. The largest absolute Gasteiger partial charge is 0.329 e. The van der Waals surface area contributed by atoms with Gasteiger partial charge in [0.05, 0.1) is 0 Å². The molecule has 78 valence electrons. The first-order valence-corrected chi connectivity index (χ1v) is 5.49. The van der Waals surface area contributed by atoms with E-state index in [1.165, 1.54) is 19.4 Å². The molecule has 0 saturated carbocycles. The van der Waals surface area contributed by atoms with Crippen LogP contribution < -0.4 is 11.1 Å². The van der Waals surface area contributed by atoms with E-state index < -0.39 is 0 Å². The highest BCUT2D eigenvalue weighted by Crippen LogP contribution is 2.10. The minimum absolute atomic E-state index is 0.675. The Morgan fingerprint density at radius 1 is 1.38 bits per heavy atom. The minimum Gasteiger partial charge on any atom is -0.329 e. The van der Waals surface area contributed by atoms with Crippen molar-refractivity contribution in [3.63, 3.8) is 0 Å². The number of hydrogen-bond acceptors (Lipinski definition) is 3. The minimum atomic E-state index is 0.675. The Labute approximate surface area is 81.7 Å². The van der Waals surface area contributed by atoms with Crippen molar-refractivity contribution in [3.8, 4) is 0 Å². The van der Waals surface area contributed by atoms with Crippen molar-refractivity contribution in [3.05, 3.63) is 0 Å². The fourth-order valence-electron chi connectivity index (χ4n) is 2.04. The second kappa shape index (κ2) is 5.58. The van der Waals surface area contributed by atoms with Crippen LogP contribution in [0.2, 0.25) is 0 Å². The van der Waals surface area contributed by atoms with Crippen LogP contribution in [0.1, 0.15) is 26.7 Å². The Kier molecular flexibility index (Phi) is 4.70. The fraction of sp³-hybridized carbons (Fsp3) is 1.00. The van der Waals surface area contributed by atoms with E-state index in [4.69, 9.17) is 5.73 Å². The highest BCUT2D eigenvalue weighted by molar-refractivity contribution is 4.84. The van der Waals surface area contributed by atoms with E-state index in [0.717, 1.165) is 19.6 Å². The van der Waals surface area contributed by atoms with Gasteiger partial charge in [-0.2, -0.15) is 0 Å². The molecule has 0 aromatic rings. The van der Waals surface area contributed by atoms with Crippen molar-refractivity contribution in [1.82, 2.24) is 10.2 Å². The Bertz CT molecular complexity index is 138. The maximum atomic E-state index is 5.60. The fourth-order valence-corrected chi connectivity index (χ4v) is 2.04. The molecule has 1 rings (SSSR count). The molecule has 0 aromatic heterocycles. The van der Waals surface area contributed by atoms with Crippen LogP contribution >= 0.6 is 0 Å². The Morgan fingerprint density at radius 2 is 2.15 bits per heavy atom. The van der Waals surface area contributed by atoms with E-state index in [2.05, 4.69) is 24.1 Å².